The number of hydrogen-bond donors (Lipinski definition) is 1. The Hall–Kier alpha value is -2.73. The summed E-state index contributed by atoms with van der Waals surface area (Å²) >= 11 is 1.31. The van der Waals surface area contributed by atoms with E-state index >= 15 is 0 Å². The first-order chi connectivity index (χ1) is 12.5. The summed E-state index contributed by atoms with van der Waals surface area (Å²) in [4.78, 5) is 17.4. The maximum atomic E-state index is 12.3. The molecular formula is C20H20N2O3S. The number of aliphatic imine (C=N–C) groups is 1. The summed E-state index contributed by atoms with van der Waals surface area (Å²) in [5.74, 6) is 1.03. The number of ether oxygens (including phenoxy) is 2. The summed E-state index contributed by atoms with van der Waals surface area (Å²) in [6.45, 7) is 4.10. The molecule has 0 aliphatic carbocycles. The standard InChI is InChI=1S/C20H20N2O3S/c1-12-8-9-15(10-13(12)2)21-20-22-19(23)17(26-20)11-14-6-5-7-16(24-3)18(14)25-4/h5-11H,1-4H3,(H,21,22,23)/b17-11+. The van der Waals surface area contributed by atoms with Crippen LogP contribution in [0.5, 0.6) is 11.5 Å². The second-order valence-electron chi connectivity index (χ2n) is 5.83. The molecule has 0 aromatic heterocycles. The lowest BCUT2D eigenvalue weighted by molar-refractivity contribution is -0.115. The zero-order chi connectivity index (χ0) is 18.7. The van der Waals surface area contributed by atoms with Crippen molar-refractivity contribution >= 4 is 34.6 Å². The Bertz CT molecular complexity index is 919. The van der Waals surface area contributed by atoms with Gasteiger partial charge in [-0.2, -0.15) is 0 Å². The van der Waals surface area contributed by atoms with Crippen LogP contribution in [0, 0.1) is 13.8 Å². The highest BCUT2D eigenvalue weighted by molar-refractivity contribution is 8.18. The Morgan fingerprint density at radius 1 is 1.08 bits per heavy atom. The van der Waals surface area contributed by atoms with Gasteiger partial charge in [-0.25, -0.2) is 4.99 Å². The number of rotatable bonds is 4. The van der Waals surface area contributed by atoms with Crippen LogP contribution < -0.4 is 14.8 Å². The van der Waals surface area contributed by atoms with Crippen LogP contribution >= 0.6 is 11.8 Å². The van der Waals surface area contributed by atoms with Crippen LogP contribution in [0.25, 0.3) is 6.08 Å². The molecule has 1 N–H and O–H groups in total. The van der Waals surface area contributed by atoms with Gasteiger partial charge in [0.15, 0.2) is 16.7 Å². The molecule has 0 atom stereocenters. The molecule has 1 aliphatic heterocycles. The molecule has 0 unspecified atom stereocenters. The summed E-state index contributed by atoms with van der Waals surface area (Å²) in [5.41, 5.74) is 3.97. The van der Waals surface area contributed by atoms with Crippen molar-refractivity contribution in [3.8, 4) is 11.5 Å². The number of para-hydroxylation sites is 1. The van der Waals surface area contributed by atoms with Crippen molar-refractivity contribution in [3.05, 3.63) is 58.0 Å². The third-order valence-electron chi connectivity index (χ3n) is 4.09. The number of nitrogens with one attached hydrogen (secondary N) is 1. The molecule has 0 bridgehead atoms. The van der Waals surface area contributed by atoms with Gasteiger partial charge in [-0.15, -0.1) is 0 Å². The van der Waals surface area contributed by atoms with Gasteiger partial charge >= 0.3 is 0 Å². The van der Waals surface area contributed by atoms with Crippen molar-refractivity contribution in [1.82, 2.24) is 5.32 Å². The number of nitrogens with zero attached hydrogens (tertiary/aromatic N) is 1. The minimum atomic E-state index is -0.178. The SMILES string of the molecule is COc1cccc(/C=C2/SC(=Nc3ccc(C)c(C)c3)NC2=O)c1OC. The minimum Gasteiger partial charge on any atom is -0.493 e. The van der Waals surface area contributed by atoms with Crippen molar-refractivity contribution < 1.29 is 14.3 Å². The molecule has 0 spiro atoms. The molecule has 1 saturated heterocycles. The van der Waals surface area contributed by atoms with Crippen molar-refractivity contribution in [3.63, 3.8) is 0 Å². The van der Waals surface area contributed by atoms with Gasteiger partial charge < -0.3 is 14.8 Å². The van der Waals surface area contributed by atoms with E-state index in [4.69, 9.17) is 9.47 Å². The summed E-state index contributed by atoms with van der Waals surface area (Å²) in [6, 6.07) is 11.5. The maximum absolute atomic E-state index is 12.3. The third-order valence-corrected chi connectivity index (χ3v) is 5.00. The molecule has 1 aliphatic rings. The highest BCUT2D eigenvalue weighted by atomic mass is 32.2. The Morgan fingerprint density at radius 2 is 1.88 bits per heavy atom. The third kappa shape index (κ3) is 3.75. The van der Waals surface area contributed by atoms with Crippen molar-refractivity contribution in [2.75, 3.05) is 14.2 Å². The van der Waals surface area contributed by atoms with E-state index in [0.717, 1.165) is 16.8 Å². The van der Waals surface area contributed by atoms with E-state index in [1.807, 2.05) is 43.3 Å². The summed E-state index contributed by atoms with van der Waals surface area (Å²) in [6.07, 6.45) is 1.78. The molecule has 26 heavy (non-hydrogen) atoms. The Kier molecular flexibility index (Phi) is 5.32. The zero-order valence-electron chi connectivity index (χ0n) is 15.1. The molecule has 2 aromatic carbocycles. The summed E-state index contributed by atoms with van der Waals surface area (Å²) in [5, 5.41) is 3.37. The summed E-state index contributed by atoms with van der Waals surface area (Å²) in [7, 11) is 3.16. The van der Waals surface area contributed by atoms with Gasteiger partial charge in [0.05, 0.1) is 24.8 Å². The molecule has 0 saturated carbocycles. The first-order valence-corrected chi connectivity index (χ1v) is 8.91. The Morgan fingerprint density at radius 3 is 2.58 bits per heavy atom. The quantitative estimate of drug-likeness (QED) is 0.821. The van der Waals surface area contributed by atoms with E-state index in [9.17, 15) is 4.79 Å². The first kappa shape index (κ1) is 18.1. The van der Waals surface area contributed by atoms with Crippen LogP contribution in [0.15, 0.2) is 46.3 Å². The number of aryl methyl sites for hydroxylation is 2. The van der Waals surface area contributed by atoms with E-state index in [1.54, 1.807) is 20.3 Å². The summed E-state index contributed by atoms with van der Waals surface area (Å²) < 4.78 is 10.7. The first-order valence-electron chi connectivity index (χ1n) is 8.09. The number of carbonyl (C=O) groups is 1. The minimum absolute atomic E-state index is 0.178. The predicted molar refractivity (Wildman–Crippen MR) is 106 cm³/mol. The normalized spacial score (nSPS) is 16.8. The van der Waals surface area contributed by atoms with Gasteiger partial charge in [-0.1, -0.05) is 18.2 Å². The average molecular weight is 368 g/mol. The van der Waals surface area contributed by atoms with Crippen LogP contribution in [0.3, 0.4) is 0 Å². The maximum Gasteiger partial charge on any atom is 0.264 e. The highest BCUT2D eigenvalue weighted by Gasteiger charge is 2.24. The smallest absolute Gasteiger partial charge is 0.264 e. The number of amides is 1. The Balaban J connectivity index is 1.89. The average Bonchev–Trinajstić information content (AvgIpc) is 2.97. The second kappa shape index (κ2) is 7.66. The van der Waals surface area contributed by atoms with Crippen molar-refractivity contribution in [2.24, 2.45) is 4.99 Å². The number of carbonyl (C=O) groups excluding carboxylic acids is 1. The lowest BCUT2D eigenvalue weighted by atomic mass is 10.1. The van der Waals surface area contributed by atoms with E-state index in [0.29, 0.717) is 21.6 Å². The largest absolute Gasteiger partial charge is 0.493 e. The van der Waals surface area contributed by atoms with Gasteiger partial charge in [0, 0.05) is 5.56 Å². The molecule has 0 radical (unpaired) electrons. The number of hydrogen-bond acceptors (Lipinski definition) is 5. The van der Waals surface area contributed by atoms with Gasteiger partial charge in [0.1, 0.15) is 0 Å². The fraction of sp³-hybridized carbons (Fsp3) is 0.200. The predicted octanol–water partition coefficient (Wildman–Crippen LogP) is 4.21. The van der Waals surface area contributed by atoms with Crippen LogP contribution in [0.4, 0.5) is 5.69 Å². The molecule has 1 amide bonds. The topological polar surface area (TPSA) is 59.9 Å². The van der Waals surface area contributed by atoms with Crippen LogP contribution in [-0.2, 0) is 4.79 Å². The van der Waals surface area contributed by atoms with Gasteiger partial charge in [-0.05, 0) is 61.0 Å². The second-order valence-corrected chi connectivity index (χ2v) is 6.86. The molecule has 134 valence electrons. The van der Waals surface area contributed by atoms with Crippen molar-refractivity contribution in [1.29, 1.82) is 0 Å². The lowest BCUT2D eigenvalue weighted by Crippen LogP contribution is -2.19. The highest BCUT2D eigenvalue weighted by Crippen LogP contribution is 2.35. The van der Waals surface area contributed by atoms with Gasteiger partial charge in [0.25, 0.3) is 5.91 Å². The molecule has 1 heterocycles. The number of thioether (sulfide) groups is 1. The monoisotopic (exact) mass is 368 g/mol. The fourth-order valence-corrected chi connectivity index (χ4v) is 3.39. The van der Waals surface area contributed by atoms with Crippen molar-refractivity contribution in [2.45, 2.75) is 13.8 Å². The van der Waals surface area contributed by atoms with Crippen LogP contribution in [0.2, 0.25) is 0 Å². The fourth-order valence-electron chi connectivity index (χ4n) is 2.56. The molecule has 5 nitrogen and oxygen atoms in total. The van der Waals surface area contributed by atoms with Gasteiger partial charge in [-0.3, -0.25) is 4.79 Å². The van der Waals surface area contributed by atoms with E-state index in [-0.39, 0.29) is 5.91 Å². The van der Waals surface area contributed by atoms with Crippen LogP contribution in [0.1, 0.15) is 16.7 Å². The molecule has 6 heteroatoms. The van der Waals surface area contributed by atoms with E-state index < -0.39 is 0 Å². The number of methoxy groups -OCH3 is 2. The molecule has 2 aromatic rings. The number of amidine groups is 1. The number of benzene rings is 2. The Labute approximate surface area is 157 Å². The van der Waals surface area contributed by atoms with Gasteiger partial charge in [0.2, 0.25) is 0 Å². The molecule has 1 fully saturated rings. The molecular weight excluding hydrogens is 348 g/mol. The lowest BCUT2D eigenvalue weighted by Gasteiger charge is -2.10. The van der Waals surface area contributed by atoms with E-state index in [1.165, 1.54) is 17.3 Å². The molecule has 3 rings (SSSR count). The zero-order valence-corrected chi connectivity index (χ0v) is 15.9. The van der Waals surface area contributed by atoms with E-state index in [2.05, 4.69) is 17.2 Å². The van der Waals surface area contributed by atoms with Crippen LogP contribution in [-0.4, -0.2) is 25.3 Å².